The number of hydrogen-bond acceptors (Lipinski definition) is 8. The third-order valence-corrected chi connectivity index (χ3v) is 13.2. The summed E-state index contributed by atoms with van der Waals surface area (Å²) in [6.45, 7) is 13.2. The average molecular weight is 816 g/mol. The van der Waals surface area contributed by atoms with Crippen LogP contribution in [-0.2, 0) is 22.7 Å². The lowest BCUT2D eigenvalue weighted by Crippen LogP contribution is -2.58. The number of imide groups is 1. The summed E-state index contributed by atoms with van der Waals surface area (Å²) >= 11 is 6.35. The van der Waals surface area contributed by atoms with Crippen molar-refractivity contribution in [2.75, 3.05) is 56.7 Å². The number of likely N-dealkylation sites (tertiary alicyclic amines) is 1. The van der Waals surface area contributed by atoms with Crippen molar-refractivity contribution >= 4 is 40.2 Å². The Hall–Kier alpha value is -4.67. The van der Waals surface area contributed by atoms with Gasteiger partial charge < -0.3 is 14.7 Å². The van der Waals surface area contributed by atoms with E-state index < -0.39 is 0 Å². The standard InChI is InChI=1S/C49H58ClN5O4/c1-34-29-53(42-13-8-40-32-54(33-41(40)28-42)46-18-19-47(57)51-49(46)58)30-35(2)55(34)31-36-21-24-52(25-22-36)26-27-59-44-16-11-39(12-17-44)48(38-9-14-43(56)15-10-38)45(20-23-50)37-6-4-3-5-7-37/h3-17,28,34-36,46,56H,18-27,29-33H2,1-2H3,(H,51,57,58). The number of ether oxygens (including phenoxy) is 1. The molecule has 9 nitrogen and oxygen atoms in total. The van der Waals surface area contributed by atoms with Gasteiger partial charge in [0, 0.05) is 69.3 Å². The van der Waals surface area contributed by atoms with Gasteiger partial charge in [0.15, 0.2) is 0 Å². The van der Waals surface area contributed by atoms with E-state index in [0.29, 0.717) is 43.3 Å². The fourth-order valence-electron chi connectivity index (χ4n) is 9.77. The molecule has 4 aromatic rings. The van der Waals surface area contributed by atoms with E-state index in [1.165, 1.54) is 35.2 Å². The third-order valence-electron chi connectivity index (χ3n) is 13.0. The number of phenols is 1. The van der Waals surface area contributed by atoms with Crippen LogP contribution < -0.4 is 15.0 Å². The van der Waals surface area contributed by atoms with E-state index in [4.69, 9.17) is 16.3 Å². The van der Waals surface area contributed by atoms with Gasteiger partial charge in [-0.3, -0.25) is 29.6 Å². The van der Waals surface area contributed by atoms with Crippen LogP contribution in [0.25, 0.3) is 11.1 Å². The van der Waals surface area contributed by atoms with E-state index in [9.17, 15) is 14.7 Å². The van der Waals surface area contributed by atoms with Gasteiger partial charge in [-0.1, -0.05) is 60.7 Å². The summed E-state index contributed by atoms with van der Waals surface area (Å²) < 4.78 is 6.29. The van der Waals surface area contributed by atoms with Crippen LogP contribution in [0.3, 0.4) is 0 Å². The Bertz CT molecular complexity index is 2090. The molecular weight excluding hydrogens is 758 g/mol. The fourth-order valence-corrected chi connectivity index (χ4v) is 9.96. The van der Waals surface area contributed by atoms with Crippen molar-refractivity contribution in [3.8, 4) is 11.5 Å². The fraction of sp³-hybridized carbons (Fsp3) is 0.429. The summed E-state index contributed by atoms with van der Waals surface area (Å²) in [6, 6.07) is 33.7. The lowest BCUT2D eigenvalue weighted by Gasteiger charge is -2.47. The van der Waals surface area contributed by atoms with Crippen molar-refractivity contribution in [3.63, 3.8) is 0 Å². The number of piperazine rings is 1. The highest BCUT2D eigenvalue weighted by Crippen LogP contribution is 2.37. The minimum absolute atomic E-state index is 0.154. The number of phenolic OH excluding ortho intramolecular Hbond substituents is 1. The summed E-state index contributed by atoms with van der Waals surface area (Å²) in [5, 5.41) is 12.5. The number of piperidine rings is 2. The van der Waals surface area contributed by atoms with E-state index in [0.717, 1.165) is 86.8 Å². The predicted molar refractivity (Wildman–Crippen MR) is 237 cm³/mol. The second-order valence-corrected chi connectivity index (χ2v) is 17.4. The molecule has 59 heavy (non-hydrogen) atoms. The molecule has 4 aliphatic rings. The Morgan fingerprint density at radius 1 is 0.814 bits per heavy atom. The van der Waals surface area contributed by atoms with Crippen LogP contribution in [-0.4, -0.2) is 102 Å². The maximum Gasteiger partial charge on any atom is 0.243 e. The molecule has 10 heteroatoms. The molecule has 0 radical (unpaired) electrons. The van der Waals surface area contributed by atoms with Crippen LogP contribution in [0, 0.1) is 5.92 Å². The number of rotatable bonds is 13. The first-order valence-corrected chi connectivity index (χ1v) is 22.1. The zero-order chi connectivity index (χ0) is 40.9. The van der Waals surface area contributed by atoms with Crippen LogP contribution >= 0.6 is 11.6 Å². The Balaban J connectivity index is 0.805. The van der Waals surface area contributed by atoms with Crippen molar-refractivity contribution in [2.24, 2.45) is 5.92 Å². The smallest absolute Gasteiger partial charge is 0.243 e. The molecule has 3 fully saturated rings. The van der Waals surface area contributed by atoms with Gasteiger partial charge in [-0.15, -0.1) is 11.6 Å². The molecule has 0 aliphatic carbocycles. The van der Waals surface area contributed by atoms with Gasteiger partial charge in [0.1, 0.15) is 18.1 Å². The SMILES string of the molecule is CC1CN(c2ccc3c(c2)CN(C2CCC(=O)NC2=O)C3)CC(C)N1CC1CCN(CCOc2ccc(C(=C(CCCl)c3ccccc3)c3ccc(O)cc3)cc2)CC1. The van der Waals surface area contributed by atoms with Crippen molar-refractivity contribution in [1.82, 2.24) is 20.0 Å². The molecule has 2 N–H and O–H groups in total. The van der Waals surface area contributed by atoms with Crippen LogP contribution in [0.4, 0.5) is 5.69 Å². The number of nitrogens with zero attached hydrogens (tertiary/aromatic N) is 4. The molecule has 3 atom stereocenters. The number of benzene rings is 4. The number of halogens is 1. The topological polar surface area (TPSA) is 88.6 Å². The molecule has 2 amide bonds. The Labute approximate surface area is 354 Å². The van der Waals surface area contributed by atoms with Crippen molar-refractivity contribution in [1.29, 1.82) is 0 Å². The number of fused-ring (bicyclic) bond motifs is 1. The first-order valence-electron chi connectivity index (χ1n) is 21.5. The normalized spacial score (nSPS) is 22.6. The van der Waals surface area contributed by atoms with E-state index in [2.05, 4.69) is 105 Å². The highest BCUT2D eigenvalue weighted by molar-refractivity contribution is 6.18. The molecule has 3 saturated heterocycles. The minimum Gasteiger partial charge on any atom is -0.508 e. The number of carbonyl (C=O) groups is 2. The Kier molecular flexibility index (Phi) is 13.0. The van der Waals surface area contributed by atoms with E-state index in [1.54, 1.807) is 12.1 Å². The average Bonchev–Trinajstić information content (AvgIpc) is 3.67. The highest BCUT2D eigenvalue weighted by atomic mass is 35.5. The lowest BCUT2D eigenvalue weighted by atomic mass is 9.88. The van der Waals surface area contributed by atoms with Crippen molar-refractivity contribution in [3.05, 3.63) is 125 Å². The first-order chi connectivity index (χ1) is 28.7. The molecule has 0 bridgehead atoms. The van der Waals surface area contributed by atoms with Gasteiger partial charge >= 0.3 is 0 Å². The number of anilines is 1. The summed E-state index contributed by atoms with van der Waals surface area (Å²) in [6.07, 6.45) is 4.15. The summed E-state index contributed by atoms with van der Waals surface area (Å²) in [5.74, 6) is 2.00. The summed E-state index contributed by atoms with van der Waals surface area (Å²) in [5.41, 5.74) is 9.40. The number of allylic oxidation sites excluding steroid dienone is 1. The van der Waals surface area contributed by atoms with Gasteiger partial charge in [0.05, 0.1) is 6.04 Å². The molecule has 4 aromatic carbocycles. The summed E-state index contributed by atoms with van der Waals surface area (Å²) in [4.78, 5) is 34.3. The minimum atomic E-state index is -0.228. The molecule has 0 spiro atoms. The lowest BCUT2D eigenvalue weighted by molar-refractivity contribution is -0.137. The molecule has 4 aliphatic heterocycles. The molecule has 0 saturated carbocycles. The monoisotopic (exact) mass is 815 g/mol. The Morgan fingerprint density at radius 2 is 1.49 bits per heavy atom. The largest absolute Gasteiger partial charge is 0.508 e. The first kappa shape index (κ1) is 41.1. The number of nitrogens with one attached hydrogen (secondary N) is 1. The zero-order valence-corrected chi connectivity index (χ0v) is 35.2. The number of amides is 2. The van der Waals surface area contributed by atoms with Gasteiger partial charge in [-0.25, -0.2) is 0 Å². The van der Waals surface area contributed by atoms with Crippen LogP contribution in [0.5, 0.6) is 11.5 Å². The maximum absolute atomic E-state index is 12.5. The maximum atomic E-state index is 12.5. The van der Waals surface area contributed by atoms with Crippen LogP contribution in [0.2, 0.25) is 0 Å². The number of carbonyl (C=O) groups excluding carboxylic acids is 2. The molecule has 310 valence electrons. The molecular formula is C49H58ClN5O4. The van der Waals surface area contributed by atoms with Crippen molar-refractivity contribution < 1.29 is 19.4 Å². The van der Waals surface area contributed by atoms with Gasteiger partial charge in [0.2, 0.25) is 11.8 Å². The summed E-state index contributed by atoms with van der Waals surface area (Å²) in [7, 11) is 0. The third kappa shape index (κ3) is 9.70. The zero-order valence-electron chi connectivity index (χ0n) is 34.5. The second-order valence-electron chi connectivity index (χ2n) is 17.0. The molecule has 0 aromatic heterocycles. The quantitative estimate of drug-likeness (QED) is 0.0804. The van der Waals surface area contributed by atoms with Gasteiger partial charge in [-0.05, 0) is 134 Å². The van der Waals surface area contributed by atoms with E-state index >= 15 is 0 Å². The van der Waals surface area contributed by atoms with Gasteiger partial charge in [0.25, 0.3) is 0 Å². The van der Waals surface area contributed by atoms with Crippen LogP contribution in [0.15, 0.2) is 97.1 Å². The number of alkyl halides is 1. The predicted octanol–water partition coefficient (Wildman–Crippen LogP) is 7.79. The Morgan fingerprint density at radius 3 is 2.17 bits per heavy atom. The van der Waals surface area contributed by atoms with Crippen molar-refractivity contribution in [2.45, 2.75) is 77.2 Å². The molecule has 3 unspecified atom stereocenters. The second kappa shape index (κ2) is 18.7. The highest BCUT2D eigenvalue weighted by Gasteiger charge is 2.36. The van der Waals surface area contributed by atoms with E-state index in [1.807, 2.05) is 18.2 Å². The molecule has 4 heterocycles. The van der Waals surface area contributed by atoms with E-state index in [-0.39, 0.29) is 23.6 Å². The number of hydrogen-bond donors (Lipinski definition) is 2. The molecule has 8 rings (SSSR count). The van der Waals surface area contributed by atoms with Crippen LogP contribution in [0.1, 0.15) is 73.8 Å². The number of aromatic hydroxyl groups is 1. The van der Waals surface area contributed by atoms with Gasteiger partial charge in [-0.2, -0.15) is 0 Å².